The summed E-state index contributed by atoms with van der Waals surface area (Å²) in [5.41, 5.74) is 2.60. The van der Waals surface area contributed by atoms with E-state index in [-0.39, 0.29) is 0 Å². The van der Waals surface area contributed by atoms with Crippen LogP contribution in [0.3, 0.4) is 0 Å². The summed E-state index contributed by atoms with van der Waals surface area (Å²) in [5, 5.41) is 7.51. The molecule has 1 fully saturated rings. The first-order chi connectivity index (χ1) is 8.19. The predicted octanol–water partition coefficient (Wildman–Crippen LogP) is 3.07. The Morgan fingerprint density at radius 2 is 2.00 bits per heavy atom. The Bertz CT molecular complexity index is 382. The first kappa shape index (κ1) is 12.4. The topological polar surface area (TPSA) is 24.1 Å². The predicted molar refractivity (Wildman–Crippen MR) is 76.1 cm³/mol. The number of hydrogen-bond acceptors (Lipinski definition) is 1. The van der Waals surface area contributed by atoms with Gasteiger partial charge in [-0.3, -0.25) is 0 Å². The van der Waals surface area contributed by atoms with Gasteiger partial charge >= 0.3 is 0 Å². The lowest BCUT2D eigenvalue weighted by molar-refractivity contribution is 0.615. The highest BCUT2D eigenvalue weighted by molar-refractivity contribution is 7.80. The molecule has 1 saturated carbocycles. The molecule has 0 amide bonds. The maximum atomic E-state index is 5.32. The van der Waals surface area contributed by atoms with Gasteiger partial charge in [0.05, 0.1) is 6.04 Å². The van der Waals surface area contributed by atoms with Gasteiger partial charge in [-0.25, -0.2) is 0 Å². The molecule has 0 saturated heterocycles. The van der Waals surface area contributed by atoms with Crippen LogP contribution in [0.4, 0.5) is 0 Å². The molecule has 2 N–H and O–H groups in total. The summed E-state index contributed by atoms with van der Waals surface area (Å²) < 4.78 is 0. The molecule has 0 heterocycles. The third-order valence-electron chi connectivity index (χ3n) is 3.11. The SMILES string of the molecule is CC[C@@H](NC(=S)NC1CC1)c1ccc(C)cc1. The number of rotatable bonds is 4. The minimum Gasteiger partial charge on any atom is -0.360 e. The molecule has 17 heavy (non-hydrogen) atoms. The largest absolute Gasteiger partial charge is 0.360 e. The van der Waals surface area contributed by atoms with E-state index in [1.54, 1.807) is 0 Å². The van der Waals surface area contributed by atoms with Crippen molar-refractivity contribution in [2.24, 2.45) is 0 Å². The van der Waals surface area contributed by atoms with E-state index in [4.69, 9.17) is 12.2 Å². The standard InChI is InChI=1S/C14H20N2S/c1-3-13(11-6-4-10(2)5-7-11)16-14(17)15-12-8-9-12/h4-7,12-13H,3,8-9H2,1-2H3,(H2,15,16,17)/t13-/m1/s1. The molecule has 0 unspecified atom stereocenters. The van der Waals surface area contributed by atoms with Crippen molar-refractivity contribution in [3.8, 4) is 0 Å². The first-order valence-corrected chi connectivity index (χ1v) is 6.73. The second-order valence-electron chi connectivity index (χ2n) is 4.76. The van der Waals surface area contributed by atoms with Gasteiger partial charge in [-0.1, -0.05) is 36.8 Å². The van der Waals surface area contributed by atoms with E-state index in [9.17, 15) is 0 Å². The molecule has 1 atom stereocenters. The third-order valence-corrected chi connectivity index (χ3v) is 3.34. The van der Waals surface area contributed by atoms with Gasteiger partial charge in [0.2, 0.25) is 0 Å². The highest BCUT2D eigenvalue weighted by atomic mass is 32.1. The van der Waals surface area contributed by atoms with Gasteiger partial charge in [0, 0.05) is 6.04 Å². The van der Waals surface area contributed by atoms with E-state index >= 15 is 0 Å². The summed E-state index contributed by atoms with van der Waals surface area (Å²) in [4.78, 5) is 0. The molecule has 0 aliphatic heterocycles. The van der Waals surface area contributed by atoms with Crippen molar-refractivity contribution >= 4 is 17.3 Å². The van der Waals surface area contributed by atoms with E-state index in [2.05, 4.69) is 48.7 Å². The van der Waals surface area contributed by atoms with Crippen molar-refractivity contribution in [1.29, 1.82) is 0 Å². The molecule has 2 rings (SSSR count). The molecule has 0 spiro atoms. The maximum absolute atomic E-state index is 5.32. The van der Waals surface area contributed by atoms with E-state index in [1.807, 2.05) is 0 Å². The van der Waals surface area contributed by atoms with Crippen molar-refractivity contribution in [3.05, 3.63) is 35.4 Å². The molecule has 1 aliphatic rings. The number of nitrogens with one attached hydrogen (secondary N) is 2. The normalized spacial score (nSPS) is 16.4. The van der Waals surface area contributed by atoms with Gasteiger partial charge in [-0.15, -0.1) is 0 Å². The van der Waals surface area contributed by atoms with Crippen molar-refractivity contribution < 1.29 is 0 Å². The molecular weight excluding hydrogens is 228 g/mol. The van der Waals surface area contributed by atoms with Crippen LogP contribution in [0.1, 0.15) is 43.4 Å². The van der Waals surface area contributed by atoms with E-state index in [1.165, 1.54) is 24.0 Å². The van der Waals surface area contributed by atoms with E-state index < -0.39 is 0 Å². The Morgan fingerprint density at radius 1 is 1.35 bits per heavy atom. The van der Waals surface area contributed by atoms with Crippen LogP contribution >= 0.6 is 12.2 Å². The number of hydrogen-bond donors (Lipinski definition) is 2. The Morgan fingerprint density at radius 3 is 2.53 bits per heavy atom. The molecule has 0 aromatic heterocycles. The Hall–Kier alpha value is -1.09. The van der Waals surface area contributed by atoms with Crippen molar-refractivity contribution in [2.45, 2.75) is 45.2 Å². The molecule has 3 heteroatoms. The number of aryl methyl sites for hydroxylation is 1. The fourth-order valence-electron chi connectivity index (χ4n) is 1.83. The van der Waals surface area contributed by atoms with Gasteiger partial charge in [-0.2, -0.15) is 0 Å². The van der Waals surface area contributed by atoms with Crippen molar-refractivity contribution in [1.82, 2.24) is 10.6 Å². The zero-order chi connectivity index (χ0) is 12.3. The fraction of sp³-hybridized carbons (Fsp3) is 0.500. The van der Waals surface area contributed by atoms with Crippen LogP contribution in [-0.2, 0) is 0 Å². The third kappa shape index (κ3) is 3.70. The first-order valence-electron chi connectivity index (χ1n) is 6.32. The van der Waals surface area contributed by atoms with Gasteiger partial charge < -0.3 is 10.6 Å². The summed E-state index contributed by atoms with van der Waals surface area (Å²) >= 11 is 5.32. The van der Waals surface area contributed by atoms with Crippen LogP contribution in [0, 0.1) is 6.92 Å². The average molecular weight is 248 g/mol. The van der Waals surface area contributed by atoms with Gasteiger partial charge in [0.1, 0.15) is 0 Å². The minimum atomic E-state index is 0.314. The Labute approximate surface area is 109 Å². The van der Waals surface area contributed by atoms with Crippen molar-refractivity contribution in [2.75, 3.05) is 0 Å². The van der Waals surface area contributed by atoms with Gasteiger partial charge in [0.15, 0.2) is 5.11 Å². The summed E-state index contributed by atoms with van der Waals surface area (Å²) in [7, 11) is 0. The van der Waals surface area contributed by atoms with Crippen LogP contribution in [-0.4, -0.2) is 11.2 Å². The zero-order valence-corrected chi connectivity index (χ0v) is 11.3. The summed E-state index contributed by atoms with van der Waals surface area (Å²) in [5.74, 6) is 0. The van der Waals surface area contributed by atoms with Crippen molar-refractivity contribution in [3.63, 3.8) is 0 Å². The van der Waals surface area contributed by atoms with Crippen LogP contribution in [0.2, 0.25) is 0 Å². The summed E-state index contributed by atoms with van der Waals surface area (Å²) in [6.07, 6.45) is 3.54. The molecule has 0 bridgehead atoms. The molecule has 1 aromatic rings. The maximum Gasteiger partial charge on any atom is 0.166 e. The molecule has 92 valence electrons. The monoisotopic (exact) mass is 248 g/mol. The smallest absolute Gasteiger partial charge is 0.166 e. The summed E-state index contributed by atoms with van der Waals surface area (Å²) in [6.45, 7) is 4.29. The second kappa shape index (κ2) is 5.50. The highest BCUT2D eigenvalue weighted by Gasteiger charge is 2.22. The van der Waals surface area contributed by atoms with Crippen LogP contribution in [0.15, 0.2) is 24.3 Å². The lowest BCUT2D eigenvalue weighted by Gasteiger charge is -2.20. The van der Waals surface area contributed by atoms with Crippen LogP contribution in [0.25, 0.3) is 0 Å². The van der Waals surface area contributed by atoms with E-state index in [0.717, 1.165) is 11.5 Å². The number of benzene rings is 1. The van der Waals surface area contributed by atoms with Gasteiger partial charge in [0.25, 0.3) is 0 Å². The average Bonchev–Trinajstić information content (AvgIpc) is 3.11. The van der Waals surface area contributed by atoms with Crippen LogP contribution < -0.4 is 10.6 Å². The summed E-state index contributed by atoms with van der Waals surface area (Å²) in [6, 6.07) is 9.58. The molecule has 1 aliphatic carbocycles. The van der Waals surface area contributed by atoms with Crippen LogP contribution in [0.5, 0.6) is 0 Å². The Kier molecular flexibility index (Phi) is 4.00. The molecular formula is C14H20N2S. The van der Waals surface area contributed by atoms with E-state index in [0.29, 0.717) is 12.1 Å². The molecule has 0 radical (unpaired) electrons. The molecule has 1 aromatic carbocycles. The quantitative estimate of drug-likeness (QED) is 0.801. The lowest BCUT2D eigenvalue weighted by Crippen LogP contribution is -2.38. The number of thiocarbonyl (C=S) groups is 1. The lowest BCUT2D eigenvalue weighted by atomic mass is 10.0. The minimum absolute atomic E-state index is 0.314. The highest BCUT2D eigenvalue weighted by Crippen LogP contribution is 2.20. The Balaban J connectivity index is 1.94. The second-order valence-corrected chi connectivity index (χ2v) is 5.17. The van der Waals surface area contributed by atoms with Gasteiger partial charge in [-0.05, 0) is 44.0 Å². The zero-order valence-electron chi connectivity index (χ0n) is 10.5. The molecule has 2 nitrogen and oxygen atoms in total. The fourth-order valence-corrected chi connectivity index (χ4v) is 2.14.